The molecule has 0 unspecified atom stereocenters. The van der Waals surface area contributed by atoms with Gasteiger partial charge in [0, 0.05) is 37.3 Å². The molecule has 154 valence electrons. The summed E-state index contributed by atoms with van der Waals surface area (Å²) in [6.07, 6.45) is 6.49. The molecule has 1 fully saturated rings. The number of hydrogen-bond acceptors (Lipinski definition) is 3. The minimum atomic E-state index is -0.121. The highest BCUT2D eigenvalue weighted by molar-refractivity contribution is 6.04. The predicted molar refractivity (Wildman–Crippen MR) is 117 cm³/mol. The van der Waals surface area contributed by atoms with Gasteiger partial charge in [-0.05, 0) is 49.2 Å². The Morgan fingerprint density at radius 1 is 1.00 bits per heavy atom. The summed E-state index contributed by atoms with van der Waals surface area (Å²) in [4.78, 5) is 26.2. The van der Waals surface area contributed by atoms with Gasteiger partial charge < -0.3 is 10.6 Å². The fourth-order valence-electron chi connectivity index (χ4n) is 3.89. The van der Waals surface area contributed by atoms with E-state index in [1.807, 2.05) is 30.3 Å². The topological polar surface area (TPSA) is 61.4 Å². The number of nitrogens with one attached hydrogen (secondary N) is 2. The molecule has 1 aliphatic carbocycles. The maximum atomic E-state index is 12.7. The number of nitrogens with zero attached hydrogens (tertiary/aromatic N) is 1. The molecule has 2 amide bonds. The van der Waals surface area contributed by atoms with E-state index < -0.39 is 0 Å². The highest BCUT2D eigenvalue weighted by Crippen LogP contribution is 2.25. The first kappa shape index (κ1) is 21.1. The molecular weight excluding hydrogens is 362 g/mol. The zero-order valence-corrected chi connectivity index (χ0v) is 17.4. The maximum absolute atomic E-state index is 12.7. The second kappa shape index (κ2) is 10.2. The molecule has 1 aliphatic rings. The van der Waals surface area contributed by atoms with Crippen LogP contribution in [-0.4, -0.2) is 29.8 Å². The number of rotatable bonds is 7. The lowest BCUT2D eigenvalue weighted by Gasteiger charge is -2.31. The monoisotopic (exact) mass is 393 g/mol. The first-order valence-corrected chi connectivity index (χ1v) is 10.5. The summed E-state index contributed by atoms with van der Waals surface area (Å²) in [5.41, 5.74) is 3.57. The van der Waals surface area contributed by atoms with Gasteiger partial charge in [-0.3, -0.25) is 14.5 Å². The summed E-state index contributed by atoms with van der Waals surface area (Å²) < 4.78 is 0. The summed E-state index contributed by atoms with van der Waals surface area (Å²) >= 11 is 0. The lowest BCUT2D eigenvalue weighted by Crippen LogP contribution is -2.33. The molecule has 1 saturated carbocycles. The molecule has 0 aliphatic heterocycles. The van der Waals surface area contributed by atoms with Gasteiger partial charge in [0.25, 0.3) is 5.91 Å². The number of carbonyl (C=O) groups is 2. The van der Waals surface area contributed by atoms with E-state index in [0.29, 0.717) is 18.2 Å². The third kappa shape index (κ3) is 6.16. The smallest absolute Gasteiger partial charge is 0.255 e. The van der Waals surface area contributed by atoms with E-state index in [1.54, 1.807) is 12.1 Å². The second-order valence-electron chi connectivity index (χ2n) is 7.92. The first-order valence-electron chi connectivity index (χ1n) is 10.5. The van der Waals surface area contributed by atoms with Gasteiger partial charge in [0.05, 0.1) is 0 Å². The molecule has 5 nitrogen and oxygen atoms in total. The zero-order chi connectivity index (χ0) is 20.6. The van der Waals surface area contributed by atoms with E-state index in [2.05, 4.69) is 28.6 Å². The van der Waals surface area contributed by atoms with Gasteiger partial charge in [0.15, 0.2) is 0 Å². The molecule has 2 aromatic carbocycles. The SMILES string of the molecule is CC(=O)NCc1ccc(C(=O)Nc2ccccc2CN(C)C2CCCCC2)cc1. The Morgan fingerprint density at radius 2 is 1.69 bits per heavy atom. The van der Waals surface area contributed by atoms with Crippen molar-refractivity contribution in [1.82, 2.24) is 10.2 Å². The molecule has 0 radical (unpaired) electrons. The molecule has 0 heterocycles. The van der Waals surface area contributed by atoms with Crippen molar-refractivity contribution in [3.8, 4) is 0 Å². The number of carbonyl (C=O) groups excluding carboxylic acids is 2. The van der Waals surface area contributed by atoms with Crippen LogP contribution < -0.4 is 10.6 Å². The van der Waals surface area contributed by atoms with Gasteiger partial charge in [0.1, 0.15) is 0 Å². The van der Waals surface area contributed by atoms with Crippen LogP contribution in [0.4, 0.5) is 5.69 Å². The van der Waals surface area contributed by atoms with Gasteiger partial charge in [-0.15, -0.1) is 0 Å². The quantitative estimate of drug-likeness (QED) is 0.736. The van der Waals surface area contributed by atoms with Crippen LogP contribution >= 0.6 is 0 Å². The molecule has 3 rings (SSSR count). The average Bonchev–Trinajstić information content (AvgIpc) is 2.74. The number of para-hydroxylation sites is 1. The normalized spacial score (nSPS) is 14.6. The highest BCUT2D eigenvalue weighted by Gasteiger charge is 2.19. The molecule has 0 aromatic heterocycles. The average molecular weight is 394 g/mol. The van der Waals surface area contributed by atoms with Crippen LogP contribution in [0.5, 0.6) is 0 Å². The van der Waals surface area contributed by atoms with Crippen molar-refractivity contribution >= 4 is 17.5 Å². The summed E-state index contributed by atoms with van der Waals surface area (Å²) in [5, 5.41) is 5.83. The third-order valence-electron chi connectivity index (χ3n) is 5.64. The minimum Gasteiger partial charge on any atom is -0.352 e. The minimum absolute atomic E-state index is 0.0679. The van der Waals surface area contributed by atoms with E-state index in [0.717, 1.165) is 23.4 Å². The summed E-state index contributed by atoms with van der Waals surface area (Å²) in [7, 11) is 2.18. The van der Waals surface area contributed by atoms with Crippen LogP contribution in [0.15, 0.2) is 48.5 Å². The van der Waals surface area contributed by atoms with Gasteiger partial charge in [-0.25, -0.2) is 0 Å². The van der Waals surface area contributed by atoms with Crippen LogP contribution in [0.3, 0.4) is 0 Å². The van der Waals surface area contributed by atoms with Crippen LogP contribution in [0, 0.1) is 0 Å². The Bertz CT molecular complexity index is 826. The van der Waals surface area contributed by atoms with E-state index in [4.69, 9.17) is 0 Å². The van der Waals surface area contributed by atoms with E-state index in [9.17, 15) is 9.59 Å². The molecule has 0 saturated heterocycles. The van der Waals surface area contributed by atoms with Gasteiger partial charge in [-0.2, -0.15) is 0 Å². The molecule has 0 spiro atoms. The zero-order valence-electron chi connectivity index (χ0n) is 17.4. The summed E-state index contributed by atoms with van der Waals surface area (Å²) in [6.45, 7) is 2.79. The third-order valence-corrected chi connectivity index (χ3v) is 5.64. The first-order chi connectivity index (χ1) is 14.0. The van der Waals surface area contributed by atoms with Crippen LogP contribution in [0.1, 0.15) is 60.5 Å². The van der Waals surface area contributed by atoms with Crippen molar-refractivity contribution in [2.75, 3.05) is 12.4 Å². The van der Waals surface area contributed by atoms with E-state index >= 15 is 0 Å². The Kier molecular flexibility index (Phi) is 7.42. The largest absolute Gasteiger partial charge is 0.352 e. The van der Waals surface area contributed by atoms with Crippen LogP contribution in [-0.2, 0) is 17.9 Å². The molecule has 2 N–H and O–H groups in total. The van der Waals surface area contributed by atoms with Gasteiger partial charge in [0.2, 0.25) is 5.91 Å². The Morgan fingerprint density at radius 3 is 2.38 bits per heavy atom. The molecule has 0 atom stereocenters. The Hall–Kier alpha value is -2.66. The maximum Gasteiger partial charge on any atom is 0.255 e. The van der Waals surface area contributed by atoms with Crippen molar-refractivity contribution in [1.29, 1.82) is 0 Å². The fraction of sp³-hybridized carbons (Fsp3) is 0.417. The van der Waals surface area contributed by atoms with Crippen LogP contribution in [0.2, 0.25) is 0 Å². The van der Waals surface area contributed by atoms with Crippen molar-refractivity contribution in [2.24, 2.45) is 0 Å². The number of anilines is 1. The standard InChI is InChI=1S/C24H31N3O2/c1-18(28)25-16-19-12-14-20(15-13-19)24(29)26-23-11-7-6-8-21(23)17-27(2)22-9-4-3-5-10-22/h6-8,11-15,22H,3-5,9-10,16-17H2,1-2H3,(H,25,28)(H,26,29). The molecular formula is C24H31N3O2. The highest BCUT2D eigenvalue weighted by atomic mass is 16.2. The Labute approximate surface area is 173 Å². The van der Waals surface area contributed by atoms with E-state index in [1.165, 1.54) is 39.0 Å². The summed E-state index contributed by atoms with van der Waals surface area (Å²) in [6, 6.07) is 16.0. The van der Waals surface area contributed by atoms with Crippen molar-refractivity contribution < 1.29 is 9.59 Å². The molecule has 2 aromatic rings. The second-order valence-corrected chi connectivity index (χ2v) is 7.92. The molecule has 29 heavy (non-hydrogen) atoms. The molecule has 5 heteroatoms. The fourth-order valence-corrected chi connectivity index (χ4v) is 3.89. The number of benzene rings is 2. The van der Waals surface area contributed by atoms with Gasteiger partial charge >= 0.3 is 0 Å². The molecule has 0 bridgehead atoms. The predicted octanol–water partition coefficient (Wildman–Crippen LogP) is 4.34. The summed E-state index contributed by atoms with van der Waals surface area (Å²) in [5.74, 6) is -0.189. The van der Waals surface area contributed by atoms with Crippen molar-refractivity contribution in [2.45, 2.75) is 58.2 Å². The van der Waals surface area contributed by atoms with Crippen LogP contribution in [0.25, 0.3) is 0 Å². The number of amides is 2. The Balaban J connectivity index is 1.63. The van der Waals surface area contributed by atoms with Crippen molar-refractivity contribution in [3.63, 3.8) is 0 Å². The lowest BCUT2D eigenvalue weighted by atomic mass is 9.94. The van der Waals surface area contributed by atoms with Gasteiger partial charge in [-0.1, -0.05) is 49.6 Å². The van der Waals surface area contributed by atoms with E-state index in [-0.39, 0.29) is 11.8 Å². The number of hydrogen-bond donors (Lipinski definition) is 2. The lowest BCUT2D eigenvalue weighted by molar-refractivity contribution is -0.119. The van der Waals surface area contributed by atoms with Crippen molar-refractivity contribution in [3.05, 3.63) is 65.2 Å².